The van der Waals surface area contributed by atoms with E-state index in [1.165, 1.54) is 32.4 Å². The molecule has 2 fully saturated rings. The molecule has 0 aromatic carbocycles. The first kappa shape index (κ1) is 9.89. The van der Waals surface area contributed by atoms with E-state index in [-0.39, 0.29) is 0 Å². The van der Waals surface area contributed by atoms with E-state index < -0.39 is 0 Å². The highest BCUT2D eigenvalue weighted by Crippen LogP contribution is 2.31. The molecule has 1 saturated carbocycles. The number of hydrogen-bond donors (Lipinski definition) is 3. The Hall–Kier alpha value is -1.30. The summed E-state index contributed by atoms with van der Waals surface area (Å²) in [5, 5.41) is 9.81. The zero-order valence-electron chi connectivity index (χ0n) is 9.32. The maximum Gasteiger partial charge on any atom is 0.243 e. The number of nitrogens with two attached hydrogens (primary N) is 1. The van der Waals surface area contributed by atoms with Crippen LogP contribution in [0.5, 0.6) is 0 Å². The predicted molar refractivity (Wildman–Crippen MR) is 62.0 cm³/mol. The van der Waals surface area contributed by atoms with Gasteiger partial charge in [-0.3, -0.25) is 0 Å². The number of nitrogens with zero attached hydrogens (tertiary/aromatic N) is 3. The Morgan fingerprint density at radius 3 is 3.00 bits per heavy atom. The second-order valence-corrected chi connectivity index (χ2v) is 4.81. The summed E-state index contributed by atoms with van der Waals surface area (Å²) in [5.74, 6) is 1.70. The van der Waals surface area contributed by atoms with Crippen LogP contribution in [0.4, 0.5) is 11.9 Å². The zero-order valence-corrected chi connectivity index (χ0v) is 9.32. The Labute approximate surface area is 94.6 Å². The number of anilines is 2. The summed E-state index contributed by atoms with van der Waals surface area (Å²) in [5.41, 5.74) is 5.45. The lowest BCUT2D eigenvalue weighted by atomic mass is 10.1. The van der Waals surface area contributed by atoms with Gasteiger partial charge in [0.1, 0.15) is 0 Å². The van der Waals surface area contributed by atoms with Crippen LogP contribution in [-0.2, 0) is 0 Å². The van der Waals surface area contributed by atoms with Crippen LogP contribution in [0.25, 0.3) is 0 Å². The second-order valence-electron chi connectivity index (χ2n) is 4.81. The second kappa shape index (κ2) is 3.93. The molecule has 0 radical (unpaired) electrons. The van der Waals surface area contributed by atoms with E-state index in [4.69, 9.17) is 5.73 Å². The number of rotatable bonds is 4. The van der Waals surface area contributed by atoms with Gasteiger partial charge in [-0.05, 0) is 31.7 Å². The van der Waals surface area contributed by atoms with Gasteiger partial charge in [0.25, 0.3) is 0 Å². The molecule has 6 nitrogen and oxygen atoms in total. The predicted octanol–water partition coefficient (Wildman–Crippen LogP) is 0.283. The summed E-state index contributed by atoms with van der Waals surface area (Å²) in [6, 6.07) is 0.893. The zero-order chi connectivity index (χ0) is 11.0. The molecule has 4 N–H and O–H groups in total. The maximum absolute atomic E-state index is 5.45. The average Bonchev–Trinajstić information content (AvgIpc) is 2.87. The van der Waals surface area contributed by atoms with Crippen molar-refractivity contribution in [3.63, 3.8) is 0 Å². The fourth-order valence-corrected chi connectivity index (χ4v) is 2.39. The van der Waals surface area contributed by atoms with Gasteiger partial charge < -0.3 is 16.0 Å². The summed E-state index contributed by atoms with van der Waals surface area (Å²) in [6.45, 7) is 3.42. The van der Waals surface area contributed by atoms with Crippen molar-refractivity contribution in [3.8, 4) is 0 Å². The smallest absolute Gasteiger partial charge is 0.243 e. The number of aromatic nitrogens is 3. The molecule has 0 amide bonds. The van der Waals surface area contributed by atoms with Crippen molar-refractivity contribution in [2.45, 2.75) is 25.3 Å². The monoisotopic (exact) mass is 222 g/mol. The normalized spacial score (nSPS) is 26.1. The molecule has 2 aliphatic rings. The van der Waals surface area contributed by atoms with Gasteiger partial charge >= 0.3 is 0 Å². The molecule has 3 rings (SSSR count). The fraction of sp³-hybridized carbons (Fsp3) is 0.800. The Bertz CT molecular complexity index is 358. The van der Waals surface area contributed by atoms with Crippen molar-refractivity contribution in [3.05, 3.63) is 0 Å². The van der Waals surface area contributed by atoms with Crippen molar-refractivity contribution in [2.75, 3.05) is 30.7 Å². The average molecular weight is 222 g/mol. The van der Waals surface area contributed by atoms with E-state index in [0.717, 1.165) is 18.5 Å². The van der Waals surface area contributed by atoms with E-state index in [9.17, 15) is 0 Å². The molecular weight excluding hydrogens is 204 g/mol. The fourth-order valence-electron chi connectivity index (χ4n) is 2.39. The third kappa shape index (κ3) is 2.11. The molecule has 16 heavy (non-hydrogen) atoms. The summed E-state index contributed by atoms with van der Waals surface area (Å²) < 4.78 is 0. The summed E-state index contributed by atoms with van der Waals surface area (Å²) in [4.78, 5) is 6.63. The van der Waals surface area contributed by atoms with Crippen LogP contribution in [0, 0.1) is 5.92 Å². The Morgan fingerprint density at radius 2 is 2.31 bits per heavy atom. The van der Waals surface area contributed by atoms with Gasteiger partial charge in [-0.15, -0.1) is 5.10 Å². The molecule has 1 unspecified atom stereocenters. The van der Waals surface area contributed by atoms with Crippen LogP contribution in [-0.4, -0.2) is 45.8 Å². The van der Waals surface area contributed by atoms with Crippen molar-refractivity contribution >= 4 is 11.9 Å². The van der Waals surface area contributed by atoms with Gasteiger partial charge in [0.05, 0.1) is 0 Å². The molecule has 1 atom stereocenters. The maximum atomic E-state index is 5.45. The molecule has 1 aromatic rings. The molecule has 1 aliphatic carbocycles. The van der Waals surface area contributed by atoms with Crippen LogP contribution in [0.2, 0.25) is 0 Å². The highest BCUT2D eigenvalue weighted by atomic mass is 15.3. The van der Waals surface area contributed by atoms with Crippen LogP contribution in [0.15, 0.2) is 0 Å². The first-order valence-electron chi connectivity index (χ1n) is 5.97. The van der Waals surface area contributed by atoms with E-state index in [1.807, 2.05) is 0 Å². The van der Waals surface area contributed by atoms with Crippen molar-refractivity contribution in [2.24, 2.45) is 5.92 Å². The lowest BCUT2D eigenvalue weighted by molar-refractivity contribution is 0.316. The molecule has 88 valence electrons. The number of nitrogen functional groups attached to an aromatic ring is 1. The summed E-state index contributed by atoms with van der Waals surface area (Å²) in [6.07, 6.45) is 4.08. The molecule has 0 spiro atoms. The van der Waals surface area contributed by atoms with Crippen LogP contribution >= 0.6 is 0 Å². The number of hydrogen-bond acceptors (Lipinski definition) is 5. The Kier molecular flexibility index (Phi) is 2.43. The van der Waals surface area contributed by atoms with Gasteiger partial charge in [0, 0.05) is 19.1 Å². The Balaban J connectivity index is 1.45. The van der Waals surface area contributed by atoms with Crippen molar-refractivity contribution in [1.29, 1.82) is 0 Å². The molecule has 0 bridgehead atoms. The Morgan fingerprint density at radius 1 is 1.44 bits per heavy atom. The highest BCUT2D eigenvalue weighted by Gasteiger charge is 2.34. The van der Waals surface area contributed by atoms with Gasteiger partial charge in [-0.1, -0.05) is 0 Å². The van der Waals surface area contributed by atoms with Crippen LogP contribution in [0.3, 0.4) is 0 Å². The molecule has 1 saturated heterocycles. The largest absolute Gasteiger partial charge is 0.368 e. The summed E-state index contributed by atoms with van der Waals surface area (Å²) in [7, 11) is 0. The first-order chi connectivity index (χ1) is 7.81. The molecule has 1 aromatic heterocycles. The molecule has 6 heteroatoms. The van der Waals surface area contributed by atoms with Crippen LogP contribution < -0.4 is 11.1 Å². The quantitative estimate of drug-likeness (QED) is 0.681. The SMILES string of the molecule is Nc1nc(NCC2CCN(C3CC3)C2)n[nH]1. The van der Waals surface area contributed by atoms with E-state index in [0.29, 0.717) is 11.9 Å². The first-order valence-corrected chi connectivity index (χ1v) is 5.97. The lowest BCUT2D eigenvalue weighted by Crippen LogP contribution is -2.24. The molecule has 1 aliphatic heterocycles. The summed E-state index contributed by atoms with van der Waals surface area (Å²) >= 11 is 0. The molecule has 2 heterocycles. The third-order valence-electron chi connectivity index (χ3n) is 3.43. The van der Waals surface area contributed by atoms with Crippen molar-refractivity contribution in [1.82, 2.24) is 20.1 Å². The van der Waals surface area contributed by atoms with E-state index in [2.05, 4.69) is 25.4 Å². The minimum absolute atomic E-state index is 0.369. The van der Waals surface area contributed by atoms with E-state index >= 15 is 0 Å². The topological polar surface area (TPSA) is 82.9 Å². The number of aromatic amines is 1. The van der Waals surface area contributed by atoms with Gasteiger partial charge in [-0.2, -0.15) is 4.98 Å². The minimum atomic E-state index is 0.369. The third-order valence-corrected chi connectivity index (χ3v) is 3.43. The standard InChI is InChI=1S/C10H18N6/c11-9-13-10(15-14-9)12-5-7-3-4-16(6-7)8-1-2-8/h7-8H,1-6H2,(H4,11,12,13,14,15). The number of H-pyrrole nitrogens is 1. The number of nitrogens with one attached hydrogen (secondary N) is 2. The molecular formula is C10H18N6. The minimum Gasteiger partial charge on any atom is -0.368 e. The van der Waals surface area contributed by atoms with Gasteiger partial charge in [-0.25, -0.2) is 5.10 Å². The van der Waals surface area contributed by atoms with Gasteiger partial charge in [0.15, 0.2) is 0 Å². The van der Waals surface area contributed by atoms with Crippen molar-refractivity contribution < 1.29 is 0 Å². The lowest BCUT2D eigenvalue weighted by Gasteiger charge is -2.14. The van der Waals surface area contributed by atoms with Crippen LogP contribution in [0.1, 0.15) is 19.3 Å². The van der Waals surface area contributed by atoms with E-state index in [1.54, 1.807) is 0 Å². The van der Waals surface area contributed by atoms with Gasteiger partial charge in [0.2, 0.25) is 11.9 Å². The highest BCUT2D eigenvalue weighted by molar-refractivity contribution is 5.29. The number of likely N-dealkylation sites (tertiary alicyclic amines) is 1.